The highest BCUT2D eigenvalue weighted by Crippen LogP contribution is 2.16. The van der Waals surface area contributed by atoms with E-state index in [4.69, 9.17) is 0 Å². The van der Waals surface area contributed by atoms with Gasteiger partial charge < -0.3 is 5.32 Å². The van der Waals surface area contributed by atoms with E-state index in [9.17, 15) is 4.79 Å². The summed E-state index contributed by atoms with van der Waals surface area (Å²) < 4.78 is 0. The Morgan fingerprint density at radius 3 is 2.42 bits per heavy atom. The lowest BCUT2D eigenvalue weighted by molar-refractivity contribution is -0.120. The molecule has 0 aromatic heterocycles. The van der Waals surface area contributed by atoms with Crippen LogP contribution in [0.25, 0.3) is 10.8 Å². The molecule has 3 heteroatoms. The van der Waals surface area contributed by atoms with E-state index >= 15 is 0 Å². The summed E-state index contributed by atoms with van der Waals surface area (Å²) in [5, 5.41) is 5.39. The van der Waals surface area contributed by atoms with E-state index in [-0.39, 0.29) is 5.91 Å². The molecule has 0 aliphatic heterocycles. The number of carbonyl (C=O) groups excluding carboxylic acids is 1. The molecule has 3 aromatic carbocycles. The van der Waals surface area contributed by atoms with Crippen LogP contribution in [-0.2, 0) is 17.0 Å². The first-order valence-corrected chi connectivity index (χ1v) is 9.33. The monoisotopic (exact) mass is 335 g/mol. The zero-order chi connectivity index (χ0) is 16.6. The smallest absolute Gasteiger partial charge is 0.224 e. The summed E-state index contributed by atoms with van der Waals surface area (Å²) in [4.78, 5) is 12.1. The first-order chi connectivity index (χ1) is 11.8. The Labute approximate surface area is 147 Å². The second-order valence-corrected chi connectivity index (χ2v) is 6.85. The number of nitrogens with one attached hydrogen (secondary N) is 1. The highest BCUT2D eigenvalue weighted by atomic mass is 32.2. The van der Waals surface area contributed by atoms with E-state index in [1.165, 1.54) is 16.3 Å². The van der Waals surface area contributed by atoms with E-state index in [0.29, 0.717) is 13.0 Å². The van der Waals surface area contributed by atoms with Gasteiger partial charge in [0.1, 0.15) is 0 Å². The van der Waals surface area contributed by atoms with Gasteiger partial charge in [-0.1, -0.05) is 72.8 Å². The van der Waals surface area contributed by atoms with Crippen molar-refractivity contribution in [2.45, 2.75) is 12.2 Å². The Morgan fingerprint density at radius 1 is 0.833 bits per heavy atom. The lowest BCUT2D eigenvalue weighted by Gasteiger charge is -2.06. The van der Waals surface area contributed by atoms with Crippen LogP contribution in [0.5, 0.6) is 0 Å². The van der Waals surface area contributed by atoms with Crippen LogP contribution >= 0.6 is 11.8 Å². The van der Waals surface area contributed by atoms with Crippen molar-refractivity contribution in [3.05, 3.63) is 83.9 Å². The molecular formula is C21H21NOS. The van der Waals surface area contributed by atoms with Gasteiger partial charge in [-0.05, 0) is 21.9 Å². The number of fused-ring (bicyclic) bond motifs is 1. The molecule has 122 valence electrons. The number of amides is 1. The molecule has 2 nitrogen and oxygen atoms in total. The molecule has 0 aliphatic carbocycles. The van der Waals surface area contributed by atoms with Crippen LogP contribution in [0.2, 0.25) is 0 Å². The van der Waals surface area contributed by atoms with Gasteiger partial charge in [0.25, 0.3) is 0 Å². The van der Waals surface area contributed by atoms with Crippen LogP contribution in [0.4, 0.5) is 0 Å². The molecule has 0 saturated heterocycles. The molecule has 0 heterocycles. The molecule has 1 N–H and O–H groups in total. The van der Waals surface area contributed by atoms with E-state index in [0.717, 1.165) is 17.1 Å². The number of hydrogen-bond donors (Lipinski definition) is 1. The van der Waals surface area contributed by atoms with E-state index < -0.39 is 0 Å². The lowest BCUT2D eigenvalue weighted by atomic mass is 10.1. The Bertz CT molecular complexity index is 801. The van der Waals surface area contributed by atoms with Gasteiger partial charge in [-0.25, -0.2) is 0 Å². The maximum absolute atomic E-state index is 12.1. The molecule has 0 spiro atoms. The van der Waals surface area contributed by atoms with Crippen LogP contribution in [-0.4, -0.2) is 18.2 Å². The van der Waals surface area contributed by atoms with Crippen molar-refractivity contribution in [1.82, 2.24) is 5.32 Å². The molecule has 0 radical (unpaired) electrons. The van der Waals surface area contributed by atoms with Gasteiger partial charge in [-0.2, -0.15) is 11.8 Å². The molecule has 0 atom stereocenters. The van der Waals surface area contributed by atoms with E-state index in [2.05, 4.69) is 53.8 Å². The van der Waals surface area contributed by atoms with E-state index in [1.54, 1.807) is 0 Å². The number of rotatable bonds is 7. The van der Waals surface area contributed by atoms with Gasteiger partial charge >= 0.3 is 0 Å². The molecule has 3 aromatic rings. The summed E-state index contributed by atoms with van der Waals surface area (Å²) in [6.07, 6.45) is 0.439. The standard InChI is InChI=1S/C21H21NOS/c23-21(22-12-13-24-16-17-6-2-1-3-7-17)15-18-10-11-19-8-4-5-9-20(19)14-18/h1-11,14H,12-13,15-16H2,(H,22,23). The topological polar surface area (TPSA) is 29.1 Å². The highest BCUT2D eigenvalue weighted by molar-refractivity contribution is 7.98. The van der Waals surface area contributed by atoms with Crippen molar-refractivity contribution in [2.75, 3.05) is 12.3 Å². The zero-order valence-electron chi connectivity index (χ0n) is 13.6. The zero-order valence-corrected chi connectivity index (χ0v) is 14.4. The maximum Gasteiger partial charge on any atom is 0.224 e. The third-order valence-corrected chi connectivity index (χ3v) is 4.89. The van der Waals surface area contributed by atoms with Crippen molar-refractivity contribution in [3.63, 3.8) is 0 Å². The Kier molecular flexibility index (Phi) is 5.91. The average molecular weight is 335 g/mol. The second kappa shape index (κ2) is 8.55. The molecule has 0 aliphatic rings. The fourth-order valence-electron chi connectivity index (χ4n) is 2.62. The minimum atomic E-state index is 0.0885. The molecule has 0 unspecified atom stereocenters. The highest BCUT2D eigenvalue weighted by Gasteiger charge is 2.04. The summed E-state index contributed by atoms with van der Waals surface area (Å²) in [5.41, 5.74) is 2.38. The SMILES string of the molecule is O=C(Cc1ccc2ccccc2c1)NCCSCc1ccccc1. The Morgan fingerprint density at radius 2 is 1.58 bits per heavy atom. The Balaban J connectivity index is 1.40. The molecule has 0 saturated carbocycles. The van der Waals surface area contributed by atoms with Gasteiger partial charge in [0.05, 0.1) is 6.42 Å². The normalized spacial score (nSPS) is 10.7. The van der Waals surface area contributed by atoms with Crippen molar-refractivity contribution in [3.8, 4) is 0 Å². The van der Waals surface area contributed by atoms with Gasteiger partial charge in [-0.15, -0.1) is 0 Å². The molecule has 3 rings (SSSR count). The van der Waals surface area contributed by atoms with Crippen LogP contribution in [0.1, 0.15) is 11.1 Å². The second-order valence-electron chi connectivity index (χ2n) is 5.75. The first kappa shape index (κ1) is 16.6. The Hall–Kier alpha value is -2.26. The number of hydrogen-bond acceptors (Lipinski definition) is 2. The minimum Gasteiger partial charge on any atom is -0.355 e. The van der Waals surface area contributed by atoms with Crippen LogP contribution < -0.4 is 5.32 Å². The summed E-state index contributed by atoms with van der Waals surface area (Å²) in [7, 11) is 0. The largest absolute Gasteiger partial charge is 0.355 e. The minimum absolute atomic E-state index is 0.0885. The molecule has 1 amide bonds. The number of carbonyl (C=O) groups is 1. The predicted octanol–water partition coefficient (Wildman–Crippen LogP) is 4.43. The van der Waals surface area contributed by atoms with Crippen LogP contribution in [0.15, 0.2) is 72.8 Å². The summed E-state index contributed by atoms with van der Waals surface area (Å²) in [5.74, 6) is 2.00. The summed E-state index contributed by atoms with van der Waals surface area (Å²) in [6.45, 7) is 0.712. The van der Waals surface area contributed by atoms with Gasteiger partial charge in [0, 0.05) is 18.1 Å². The van der Waals surface area contributed by atoms with Gasteiger partial charge in [0.15, 0.2) is 0 Å². The fourth-order valence-corrected chi connectivity index (χ4v) is 3.44. The van der Waals surface area contributed by atoms with Crippen LogP contribution in [0, 0.1) is 0 Å². The van der Waals surface area contributed by atoms with Crippen molar-refractivity contribution >= 4 is 28.4 Å². The van der Waals surface area contributed by atoms with Gasteiger partial charge in [0.2, 0.25) is 5.91 Å². The molecule has 24 heavy (non-hydrogen) atoms. The van der Waals surface area contributed by atoms with Crippen molar-refractivity contribution in [2.24, 2.45) is 0 Å². The molecular weight excluding hydrogens is 314 g/mol. The van der Waals surface area contributed by atoms with Crippen molar-refractivity contribution in [1.29, 1.82) is 0 Å². The molecule has 0 fully saturated rings. The quantitative estimate of drug-likeness (QED) is 0.647. The number of thioether (sulfide) groups is 1. The summed E-state index contributed by atoms with van der Waals surface area (Å²) >= 11 is 1.84. The van der Waals surface area contributed by atoms with Crippen LogP contribution in [0.3, 0.4) is 0 Å². The third-order valence-electron chi connectivity index (χ3n) is 3.86. The first-order valence-electron chi connectivity index (χ1n) is 8.17. The van der Waals surface area contributed by atoms with E-state index in [1.807, 2.05) is 36.0 Å². The summed E-state index contributed by atoms with van der Waals surface area (Å²) in [6, 6.07) is 24.8. The fraction of sp³-hybridized carbons (Fsp3) is 0.190. The van der Waals surface area contributed by atoms with Crippen molar-refractivity contribution < 1.29 is 4.79 Å². The lowest BCUT2D eigenvalue weighted by Crippen LogP contribution is -2.27. The average Bonchev–Trinajstić information content (AvgIpc) is 2.62. The van der Waals surface area contributed by atoms with Gasteiger partial charge in [-0.3, -0.25) is 4.79 Å². The predicted molar refractivity (Wildman–Crippen MR) is 103 cm³/mol. The third kappa shape index (κ3) is 4.87. The number of benzene rings is 3. The molecule has 0 bridgehead atoms. The maximum atomic E-state index is 12.1.